The SMILES string of the molecule is Nc1ccc(NC(=O)C(F)(F)F)c(C(=O)c2ccccc2)c1. The maximum atomic E-state index is 12.4. The number of anilines is 2. The van der Waals surface area contributed by atoms with Crippen molar-refractivity contribution in [2.24, 2.45) is 0 Å². The highest BCUT2D eigenvalue weighted by Gasteiger charge is 2.39. The van der Waals surface area contributed by atoms with Crippen molar-refractivity contribution in [2.75, 3.05) is 11.1 Å². The first-order chi connectivity index (χ1) is 10.3. The van der Waals surface area contributed by atoms with E-state index in [1.54, 1.807) is 23.5 Å². The summed E-state index contributed by atoms with van der Waals surface area (Å²) < 4.78 is 37.0. The zero-order valence-corrected chi connectivity index (χ0v) is 11.1. The molecule has 2 rings (SSSR count). The number of nitrogens with one attached hydrogen (secondary N) is 1. The standard InChI is InChI=1S/C15H11F3N2O2/c16-15(17,18)14(22)20-12-7-6-10(19)8-11(12)13(21)9-4-2-1-3-5-9/h1-8H,19H2,(H,20,22). The lowest BCUT2D eigenvalue weighted by atomic mass is 10.0. The minimum Gasteiger partial charge on any atom is -0.399 e. The Morgan fingerprint density at radius 3 is 2.23 bits per heavy atom. The van der Waals surface area contributed by atoms with Gasteiger partial charge in [-0.25, -0.2) is 0 Å². The Hall–Kier alpha value is -2.83. The second-order valence-corrected chi connectivity index (χ2v) is 4.45. The van der Waals surface area contributed by atoms with Crippen LogP contribution >= 0.6 is 0 Å². The summed E-state index contributed by atoms with van der Waals surface area (Å²) in [6, 6.07) is 11.6. The Bertz CT molecular complexity index is 712. The van der Waals surface area contributed by atoms with Crippen LogP contribution in [0, 0.1) is 0 Å². The van der Waals surface area contributed by atoms with Crippen molar-refractivity contribution in [1.82, 2.24) is 0 Å². The summed E-state index contributed by atoms with van der Waals surface area (Å²) in [5.41, 5.74) is 5.69. The molecule has 0 aliphatic rings. The zero-order valence-electron chi connectivity index (χ0n) is 11.1. The number of hydrogen-bond acceptors (Lipinski definition) is 3. The molecular formula is C15H11F3N2O2. The van der Waals surface area contributed by atoms with Gasteiger partial charge in [-0.15, -0.1) is 0 Å². The molecule has 0 heterocycles. The van der Waals surface area contributed by atoms with E-state index >= 15 is 0 Å². The number of hydrogen-bond donors (Lipinski definition) is 2. The predicted octanol–water partition coefficient (Wildman–Crippen LogP) is 3.00. The molecule has 0 saturated carbocycles. The largest absolute Gasteiger partial charge is 0.471 e. The van der Waals surface area contributed by atoms with Crippen LogP contribution in [0.1, 0.15) is 15.9 Å². The molecule has 3 N–H and O–H groups in total. The average molecular weight is 308 g/mol. The second kappa shape index (κ2) is 5.88. The minimum atomic E-state index is -5.05. The Morgan fingerprint density at radius 1 is 1.00 bits per heavy atom. The molecule has 0 saturated heterocycles. The van der Waals surface area contributed by atoms with Crippen LogP contribution in [0.2, 0.25) is 0 Å². The van der Waals surface area contributed by atoms with Gasteiger partial charge in [-0.05, 0) is 18.2 Å². The van der Waals surface area contributed by atoms with Crippen molar-refractivity contribution in [1.29, 1.82) is 0 Å². The third-order valence-corrected chi connectivity index (χ3v) is 2.83. The quantitative estimate of drug-likeness (QED) is 0.676. The molecule has 0 aliphatic heterocycles. The zero-order chi connectivity index (χ0) is 16.3. The van der Waals surface area contributed by atoms with Gasteiger partial charge in [-0.3, -0.25) is 9.59 Å². The number of nitrogens with two attached hydrogens (primary N) is 1. The van der Waals surface area contributed by atoms with Crippen LogP contribution in [0.4, 0.5) is 24.5 Å². The van der Waals surface area contributed by atoms with Crippen molar-refractivity contribution in [3.63, 3.8) is 0 Å². The molecule has 4 nitrogen and oxygen atoms in total. The summed E-state index contributed by atoms with van der Waals surface area (Å²) >= 11 is 0. The lowest BCUT2D eigenvalue weighted by molar-refractivity contribution is -0.167. The van der Waals surface area contributed by atoms with Gasteiger partial charge < -0.3 is 11.1 Å². The molecule has 0 radical (unpaired) electrons. The molecule has 0 aromatic heterocycles. The van der Waals surface area contributed by atoms with Crippen molar-refractivity contribution in [3.8, 4) is 0 Å². The van der Waals surface area contributed by atoms with Gasteiger partial charge in [-0.2, -0.15) is 13.2 Å². The van der Waals surface area contributed by atoms with Gasteiger partial charge in [0.2, 0.25) is 0 Å². The molecular weight excluding hydrogens is 297 g/mol. The van der Waals surface area contributed by atoms with Crippen molar-refractivity contribution < 1.29 is 22.8 Å². The molecule has 0 fully saturated rings. The van der Waals surface area contributed by atoms with Gasteiger partial charge in [0.15, 0.2) is 5.78 Å². The van der Waals surface area contributed by atoms with Gasteiger partial charge >= 0.3 is 12.1 Å². The molecule has 0 spiro atoms. The summed E-state index contributed by atoms with van der Waals surface area (Å²) in [5.74, 6) is -2.69. The highest BCUT2D eigenvalue weighted by molar-refractivity contribution is 6.14. The van der Waals surface area contributed by atoms with Gasteiger partial charge in [0.25, 0.3) is 0 Å². The van der Waals surface area contributed by atoms with E-state index in [1.807, 2.05) is 0 Å². The molecule has 0 aliphatic carbocycles. The Balaban J connectivity index is 2.41. The first-order valence-electron chi connectivity index (χ1n) is 6.16. The number of amides is 1. The Morgan fingerprint density at radius 2 is 1.64 bits per heavy atom. The molecule has 2 aromatic carbocycles. The Kier molecular flexibility index (Phi) is 4.16. The molecule has 22 heavy (non-hydrogen) atoms. The fourth-order valence-corrected chi connectivity index (χ4v) is 1.80. The maximum absolute atomic E-state index is 12.4. The molecule has 0 atom stereocenters. The van der Waals surface area contributed by atoms with Crippen LogP contribution in [-0.2, 0) is 4.79 Å². The van der Waals surface area contributed by atoms with E-state index in [-0.39, 0.29) is 22.5 Å². The number of ketones is 1. The normalized spacial score (nSPS) is 11.0. The first kappa shape index (κ1) is 15.6. The van der Waals surface area contributed by atoms with E-state index in [1.165, 1.54) is 24.3 Å². The van der Waals surface area contributed by atoms with Crippen molar-refractivity contribution >= 4 is 23.1 Å². The monoisotopic (exact) mass is 308 g/mol. The molecule has 0 unspecified atom stereocenters. The molecule has 0 bridgehead atoms. The highest BCUT2D eigenvalue weighted by atomic mass is 19.4. The van der Waals surface area contributed by atoms with Crippen LogP contribution < -0.4 is 11.1 Å². The van der Waals surface area contributed by atoms with E-state index in [0.29, 0.717) is 0 Å². The van der Waals surface area contributed by atoms with Crippen LogP contribution in [-0.4, -0.2) is 17.9 Å². The summed E-state index contributed by atoms with van der Waals surface area (Å²) in [6.07, 6.45) is -5.05. The fourth-order valence-electron chi connectivity index (χ4n) is 1.80. The maximum Gasteiger partial charge on any atom is 0.471 e. The fraction of sp³-hybridized carbons (Fsp3) is 0.0667. The summed E-state index contributed by atoms with van der Waals surface area (Å²) in [4.78, 5) is 23.4. The third kappa shape index (κ3) is 3.43. The molecule has 1 amide bonds. The average Bonchev–Trinajstić information content (AvgIpc) is 2.48. The van der Waals surface area contributed by atoms with Crippen LogP contribution in [0.3, 0.4) is 0 Å². The minimum absolute atomic E-state index is 0.108. The molecule has 2 aromatic rings. The van der Waals surface area contributed by atoms with Crippen LogP contribution in [0.15, 0.2) is 48.5 Å². The predicted molar refractivity (Wildman–Crippen MR) is 75.4 cm³/mol. The number of nitrogen functional groups attached to an aromatic ring is 1. The number of carbonyl (C=O) groups excluding carboxylic acids is 2. The number of alkyl halides is 3. The number of halogens is 3. The lowest BCUT2D eigenvalue weighted by Crippen LogP contribution is -2.30. The van der Waals surface area contributed by atoms with E-state index in [2.05, 4.69) is 0 Å². The first-order valence-corrected chi connectivity index (χ1v) is 6.16. The third-order valence-electron chi connectivity index (χ3n) is 2.83. The number of carbonyl (C=O) groups is 2. The highest BCUT2D eigenvalue weighted by Crippen LogP contribution is 2.25. The van der Waals surface area contributed by atoms with Crippen LogP contribution in [0.25, 0.3) is 0 Å². The Labute approximate surface area is 123 Å². The van der Waals surface area contributed by atoms with Gasteiger partial charge in [0.05, 0.1) is 5.69 Å². The van der Waals surface area contributed by atoms with E-state index in [9.17, 15) is 22.8 Å². The smallest absolute Gasteiger partial charge is 0.399 e. The number of benzene rings is 2. The van der Waals surface area contributed by atoms with Crippen LogP contribution in [0.5, 0.6) is 0 Å². The van der Waals surface area contributed by atoms with Crippen molar-refractivity contribution in [3.05, 3.63) is 59.7 Å². The van der Waals surface area contributed by atoms with Gasteiger partial charge in [0.1, 0.15) is 0 Å². The van der Waals surface area contributed by atoms with Gasteiger partial charge in [0, 0.05) is 16.8 Å². The summed E-state index contributed by atoms with van der Waals surface area (Å²) in [5, 5.41) is 1.69. The van der Waals surface area contributed by atoms with E-state index in [0.717, 1.165) is 6.07 Å². The second-order valence-electron chi connectivity index (χ2n) is 4.45. The topological polar surface area (TPSA) is 72.2 Å². The van der Waals surface area contributed by atoms with E-state index in [4.69, 9.17) is 5.73 Å². The summed E-state index contributed by atoms with van der Waals surface area (Å²) in [6.45, 7) is 0. The number of rotatable bonds is 3. The summed E-state index contributed by atoms with van der Waals surface area (Å²) in [7, 11) is 0. The lowest BCUT2D eigenvalue weighted by Gasteiger charge is -2.12. The van der Waals surface area contributed by atoms with Gasteiger partial charge in [-0.1, -0.05) is 30.3 Å². The van der Waals surface area contributed by atoms with E-state index < -0.39 is 17.9 Å². The molecule has 114 valence electrons. The molecule has 7 heteroatoms. The van der Waals surface area contributed by atoms with Crippen molar-refractivity contribution in [2.45, 2.75) is 6.18 Å².